The second kappa shape index (κ2) is 7.50. The van der Waals surface area contributed by atoms with E-state index >= 15 is 0 Å². The molecule has 0 bridgehead atoms. The minimum absolute atomic E-state index is 0.390. The molecule has 0 amide bonds. The zero-order valence-electron chi connectivity index (χ0n) is 16.5. The van der Waals surface area contributed by atoms with Gasteiger partial charge >= 0.3 is 0 Å². The highest BCUT2D eigenvalue weighted by molar-refractivity contribution is 5.52. The summed E-state index contributed by atoms with van der Waals surface area (Å²) in [7, 11) is 2.19. The molecule has 28 heavy (non-hydrogen) atoms. The Morgan fingerprint density at radius 3 is 2.75 bits per heavy atom. The minimum Gasteiger partial charge on any atom is -0.358 e. The molecule has 3 aromatic heterocycles. The Balaban J connectivity index is 1.43. The first kappa shape index (κ1) is 17.6. The molecule has 1 saturated carbocycles. The van der Waals surface area contributed by atoms with Crippen molar-refractivity contribution in [2.45, 2.75) is 51.1 Å². The molecule has 0 radical (unpaired) electrons. The number of nitrogens with zero attached hydrogens (tertiary/aromatic N) is 7. The molecule has 8 nitrogen and oxygen atoms in total. The van der Waals surface area contributed by atoms with Gasteiger partial charge in [0.2, 0.25) is 0 Å². The highest BCUT2D eigenvalue weighted by Gasteiger charge is 2.25. The molecule has 1 aliphatic carbocycles. The van der Waals surface area contributed by atoms with E-state index in [1.165, 1.54) is 31.2 Å². The SMILES string of the molecule is CN1CCC(n2nc(Cn3cncn3)nc2-c2cc(CC3CCC3)c[nH]2)CC1. The average Bonchev–Trinajstić information content (AvgIpc) is 3.40. The van der Waals surface area contributed by atoms with Crippen molar-refractivity contribution >= 4 is 0 Å². The normalized spacial score (nSPS) is 19.2. The van der Waals surface area contributed by atoms with Crippen LogP contribution in [-0.2, 0) is 13.0 Å². The first-order valence-electron chi connectivity index (χ1n) is 10.4. The molecule has 0 atom stereocenters. The van der Waals surface area contributed by atoms with Gasteiger partial charge in [0, 0.05) is 6.20 Å². The van der Waals surface area contributed by atoms with Crippen LogP contribution in [0.4, 0.5) is 0 Å². The third-order valence-corrected chi connectivity index (χ3v) is 6.21. The van der Waals surface area contributed by atoms with E-state index in [0.29, 0.717) is 12.6 Å². The van der Waals surface area contributed by atoms with Crippen LogP contribution in [-0.4, -0.2) is 59.5 Å². The van der Waals surface area contributed by atoms with Crippen molar-refractivity contribution in [3.8, 4) is 11.5 Å². The monoisotopic (exact) mass is 380 g/mol. The van der Waals surface area contributed by atoms with Gasteiger partial charge in [0.1, 0.15) is 19.2 Å². The molecule has 1 saturated heterocycles. The first-order valence-corrected chi connectivity index (χ1v) is 10.4. The van der Waals surface area contributed by atoms with E-state index in [1.54, 1.807) is 17.3 Å². The standard InChI is InChI=1S/C20H28N8/c1-26-7-5-17(6-8-26)28-20(24-19(25-28)12-27-14-21-13-23-27)18-10-16(11-22-18)9-15-3-2-4-15/h10-11,13-15,17,22H,2-9,12H2,1H3. The van der Waals surface area contributed by atoms with Crippen molar-refractivity contribution in [1.82, 2.24) is 39.4 Å². The number of piperidine rings is 1. The Morgan fingerprint density at radius 2 is 2.04 bits per heavy atom. The van der Waals surface area contributed by atoms with Crippen molar-refractivity contribution in [1.29, 1.82) is 0 Å². The summed E-state index contributed by atoms with van der Waals surface area (Å²) < 4.78 is 3.92. The Kier molecular flexibility index (Phi) is 4.72. The Labute approximate surface area is 165 Å². The molecule has 0 unspecified atom stereocenters. The maximum Gasteiger partial charge on any atom is 0.175 e. The largest absolute Gasteiger partial charge is 0.358 e. The van der Waals surface area contributed by atoms with E-state index in [0.717, 1.165) is 49.2 Å². The summed E-state index contributed by atoms with van der Waals surface area (Å²) in [4.78, 5) is 14.8. The van der Waals surface area contributed by atoms with Gasteiger partial charge in [-0.15, -0.1) is 0 Å². The lowest BCUT2D eigenvalue weighted by molar-refractivity contribution is 0.213. The number of rotatable bonds is 6. The second-order valence-corrected chi connectivity index (χ2v) is 8.35. The number of nitrogens with one attached hydrogen (secondary N) is 1. The second-order valence-electron chi connectivity index (χ2n) is 8.35. The van der Waals surface area contributed by atoms with Crippen LogP contribution in [0.2, 0.25) is 0 Å². The number of hydrogen-bond donors (Lipinski definition) is 1. The van der Waals surface area contributed by atoms with Crippen LogP contribution < -0.4 is 0 Å². The van der Waals surface area contributed by atoms with Crippen LogP contribution in [0.3, 0.4) is 0 Å². The van der Waals surface area contributed by atoms with Gasteiger partial charge in [0.25, 0.3) is 0 Å². The predicted octanol–water partition coefficient (Wildman–Crippen LogP) is 2.52. The molecule has 4 heterocycles. The number of aromatic amines is 1. The maximum atomic E-state index is 4.89. The maximum absolute atomic E-state index is 4.89. The van der Waals surface area contributed by atoms with E-state index < -0.39 is 0 Å². The lowest BCUT2D eigenvalue weighted by Crippen LogP contribution is -2.32. The Hall–Kier alpha value is -2.48. The van der Waals surface area contributed by atoms with E-state index in [-0.39, 0.29) is 0 Å². The van der Waals surface area contributed by atoms with Gasteiger partial charge in [-0.25, -0.2) is 19.3 Å². The van der Waals surface area contributed by atoms with Crippen LogP contribution in [0, 0.1) is 5.92 Å². The molecule has 2 fully saturated rings. The summed E-state index contributed by atoms with van der Waals surface area (Å²) in [6.07, 6.45) is 12.9. The average molecular weight is 381 g/mol. The molecule has 1 aliphatic heterocycles. The van der Waals surface area contributed by atoms with Gasteiger partial charge < -0.3 is 9.88 Å². The lowest BCUT2D eigenvalue weighted by Gasteiger charge is -2.29. The van der Waals surface area contributed by atoms with E-state index in [2.05, 4.69) is 44.0 Å². The molecular weight excluding hydrogens is 352 g/mol. The third-order valence-electron chi connectivity index (χ3n) is 6.21. The Bertz CT molecular complexity index is 897. The van der Waals surface area contributed by atoms with Crippen LogP contribution in [0.5, 0.6) is 0 Å². The lowest BCUT2D eigenvalue weighted by atomic mass is 9.81. The molecule has 2 aliphatic rings. The third kappa shape index (κ3) is 3.61. The van der Waals surface area contributed by atoms with E-state index in [9.17, 15) is 0 Å². The summed E-state index contributed by atoms with van der Waals surface area (Å²) in [6.45, 7) is 2.74. The van der Waals surface area contributed by atoms with Crippen LogP contribution in [0.1, 0.15) is 49.5 Å². The molecule has 5 rings (SSSR count). The van der Waals surface area contributed by atoms with Crippen LogP contribution in [0.15, 0.2) is 24.9 Å². The van der Waals surface area contributed by atoms with Crippen LogP contribution in [0.25, 0.3) is 11.5 Å². The molecule has 0 spiro atoms. The fourth-order valence-corrected chi connectivity index (χ4v) is 4.29. The van der Waals surface area contributed by atoms with Gasteiger partial charge in [0.05, 0.1) is 11.7 Å². The highest BCUT2D eigenvalue weighted by atomic mass is 15.4. The number of hydrogen-bond acceptors (Lipinski definition) is 5. The zero-order chi connectivity index (χ0) is 18.9. The summed E-state index contributed by atoms with van der Waals surface area (Å²) in [5.74, 6) is 2.59. The fraction of sp³-hybridized carbons (Fsp3) is 0.600. The van der Waals surface area contributed by atoms with Crippen molar-refractivity contribution in [3.63, 3.8) is 0 Å². The van der Waals surface area contributed by atoms with Gasteiger partial charge in [-0.1, -0.05) is 19.3 Å². The first-order chi connectivity index (χ1) is 13.7. The van der Waals surface area contributed by atoms with E-state index in [1.807, 2.05) is 0 Å². The molecule has 0 aromatic carbocycles. The summed E-state index contributed by atoms with van der Waals surface area (Å²) in [6, 6.07) is 2.66. The summed E-state index contributed by atoms with van der Waals surface area (Å²) >= 11 is 0. The molecular formula is C20H28N8. The topological polar surface area (TPSA) is 80.4 Å². The molecule has 3 aromatic rings. The predicted molar refractivity (Wildman–Crippen MR) is 106 cm³/mol. The van der Waals surface area contributed by atoms with Gasteiger partial charge in [-0.05, 0) is 56.9 Å². The quantitative estimate of drug-likeness (QED) is 0.711. The number of H-pyrrole nitrogens is 1. The van der Waals surface area contributed by atoms with Crippen molar-refractivity contribution in [2.75, 3.05) is 20.1 Å². The summed E-state index contributed by atoms with van der Waals surface area (Å²) in [5, 5.41) is 9.09. The summed E-state index contributed by atoms with van der Waals surface area (Å²) in [5.41, 5.74) is 2.46. The zero-order valence-corrected chi connectivity index (χ0v) is 16.5. The smallest absolute Gasteiger partial charge is 0.175 e. The van der Waals surface area contributed by atoms with Crippen molar-refractivity contribution < 1.29 is 0 Å². The minimum atomic E-state index is 0.390. The molecule has 1 N–H and O–H groups in total. The van der Waals surface area contributed by atoms with Crippen molar-refractivity contribution in [2.24, 2.45) is 5.92 Å². The highest BCUT2D eigenvalue weighted by Crippen LogP contribution is 2.32. The fourth-order valence-electron chi connectivity index (χ4n) is 4.29. The Morgan fingerprint density at radius 1 is 1.18 bits per heavy atom. The van der Waals surface area contributed by atoms with Gasteiger partial charge in [-0.2, -0.15) is 10.2 Å². The van der Waals surface area contributed by atoms with Crippen molar-refractivity contribution in [3.05, 3.63) is 36.3 Å². The van der Waals surface area contributed by atoms with Gasteiger partial charge in [0.15, 0.2) is 11.6 Å². The number of aromatic nitrogens is 7. The van der Waals surface area contributed by atoms with Gasteiger partial charge in [-0.3, -0.25) is 0 Å². The van der Waals surface area contributed by atoms with E-state index in [4.69, 9.17) is 10.1 Å². The van der Waals surface area contributed by atoms with Crippen LogP contribution >= 0.6 is 0 Å². The number of likely N-dealkylation sites (tertiary alicyclic amines) is 1. The molecule has 8 heteroatoms. The molecule has 148 valence electrons.